The summed E-state index contributed by atoms with van der Waals surface area (Å²) in [5.74, 6) is 0.140. The molecule has 0 radical (unpaired) electrons. The number of hydrogen-bond donors (Lipinski definition) is 4. The van der Waals surface area contributed by atoms with Gasteiger partial charge in [-0.3, -0.25) is 9.59 Å². The van der Waals surface area contributed by atoms with Gasteiger partial charge in [-0.15, -0.1) is 0 Å². The second-order valence-electron chi connectivity index (χ2n) is 8.43. The lowest BCUT2D eigenvalue weighted by molar-refractivity contribution is -1.01. The van der Waals surface area contributed by atoms with Gasteiger partial charge < -0.3 is 20.4 Å². The van der Waals surface area contributed by atoms with Crippen LogP contribution < -0.4 is 20.4 Å². The Morgan fingerprint density at radius 2 is 1.53 bits per heavy atom. The van der Waals surface area contributed by atoms with Crippen LogP contribution in [-0.2, 0) is 9.59 Å². The topological polar surface area (TPSA) is 67.1 Å². The lowest BCUT2D eigenvalue weighted by atomic mass is 10.0. The Bertz CT molecular complexity index is 845. The van der Waals surface area contributed by atoms with E-state index in [4.69, 9.17) is 0 Å². The van der Waals surface area contributed by atoms with Crippen LogP contribution in [0.15, 0.2) is 54.6 Å². The SMILES string of the molecule is CC(C)NC(=O)C[NH+]1CC[NH+]([C@H](C)C(=O)Nc2ccccc2-c2ccccc2)CC1. The molecule has 2 aromatic carbocycles. The first-order valence-corrected chi connectivity index (χ1v) is 10.9. The molecule has 30 heavy (non-hydrogen) atoms. The zero-order valence-corrected chi connectivity index (χ0v) is 18.2. The van der Waals surface area contributed by atoms with E-state index in [0.717, 1.165) is 43.0 Å². The summed E-state index contributed by atoms with van der Waals surface area (Å²) in [7, 11) is 0. The third-order valence-corrected chi connectivity index (χ3v) is 5.73. The van der Waals surface area contributed by atoms with Crippen molar-refractivity contribution in [2.75, 3.05) is 38.0 Å². The van der Waals surface area contributed by atoms with Gasteiger partial charge in [-0.2, -0.15) is 0 Å². The van der Waals surface area contributed by atoms with Crippen molar-refractivity contribution >= 4 is 17.5 Å². The van der Waals surface area contributed by atoms with Gasteiger partial charge in [0.2, 0.25) is 0 Å². The van der Waals surface area contributed by atoms with Crippen molar-refractivity contribution in [3.8, 4) is 11.1 Å². The Balaban J connectivity index is 1.56. The molecular formula is C24H34N4O2+2. The third kappa shape index (κ3) is 5.90. The molecule has 0 unspecified atom stereocenters. The fourth-order valence-corrected chi connectivity index (χ4v) is 4.02. The summed E-state index contributed by atoms with van der Waals surface area (Å²) in [6, 6.07) is 18.1. The van der Waals surface area contributed by atoms with Crippen LogP contribution in [0.5, 0.6) is 0 Å². The number of para-hydroxylation sites is 1. The normalized spacial score (nSPS) is 19.9. The first-order valence-electron chi connectivity index (χ1n) is 10.9. The molecule has 0 bridgehead atoms. The van der Waals surface area contributed by atoms with E-state index in [1.165, 1.54) is 9.80 Å². The van der Waals surface area contributed by atoms with Gasteiger partial charge in [0.05, 0.1) is 0 Å². The van der Waals surface area contributed by atoms with Crippen molar-refractivity contribution < 1.29 is 19.4 Å². The lowest BCUT2D eigenvalue weighted by Crippen LogP contribution is -3.30. The summed E-state index contributed by atoms with van der Waals surface area (Å²) in [6.45, 7) is 10.0. The van der Waals surface area contributed by atoms with Crippen molar-refractivity contribution in [2.24, 2.45) is 0 Å². The number of carbonyl (C=O) groups is 2. The van der Waals surface area contributed by atoms with Gasteiger partial charge in [-0.1, -0.05) is 48.5 Å². The number of hydrogen-bond acceptors (Lipinski definition) is 2. The van der Waals surface area contributed by atoms with Crippen molar-refractivity contribution in [1.29, 1.82) is 0 Å². The second-order valence-corrected chi connectivity index (χ2v) is 8.43. The van der Waals surface area contributed by atoms with Crippen LogP contribution in [0.4, 0.5) is 5.69 Å². The number of amides is 2. The predicted molar refractivity (Wildman–Crippen MR) is 120 cm³/mol. The zero-order chi connectivity index (χ0) is 21.5. The highest BCUT2D eigenvalue weighted by atomic mass is 16.2. The summed E-state index contributed by atoms with van der Waals surface area (Å²) in [4.78, 5) is 27.5. The number of piperazine rings is 1. The largest absolute Gasteiger partial charge is 0.349 e. The molecule has 0 spiro atoms. The van der Waals surface area contributed by atoms with Gasteiger partial charge in [0, 0.05) is 17.3 Å². The Kier molecular flexibility index (Phi) is 7.60. The Morgan fingerprint density at radius 3 is 2.20 bits per heavy atom. The smallest absolute Gasteiger partial charge is 0.282 e. The van der Waals surface area contributed by atoms with Crippen LogP contribution in [0, 0.1) is 0 Å². The van der Waals surface area contributed by atoms with Crippen LogP contribution in [0.25, 0.3) is 11.1 Å². The van der Waals surface area contributed by atoms with Crippen LogP contribution in [0.2, 0.25) is 0 Å². The molecule has 6 heteroatoms. The molecule has 3 rings (SSSR count). The number of anilines is 1. The fourth-order valence-electron chi connectivity index (χ4n) is 4.02. The van der Waals surface area contributed by atoms with Gasteiger partial charge in [0.25, 0.3) is 11.8 Å². The minimum Gasteiger partial charge on any atom is -0.349 e. The minimum absolute atomic E-state index is 0.0365. The average molecular weight is 411 g/mol. The van der Waals surface area contributed by atoms with E-state index in [1.54, 1.807) is 0 Å². The summed E-state index contributed by atoms with van der Waals surface area (Å²) >= 11 is 0. The minimum atomic E-state index is -0.139. The number of carbonyl (C=O) groups excluding carboxylic acids is 2. The maximum absolute atomic E-state index is 13.0. The molecule has 0 aromatic heterocycles. The fraction of sp³-hybridized carbons (Fsp3) is 0.417. The molecule has 1 atom stereocenters. The molecule has 160 valence electrons. The zero-order valence-electron chi connectivity index (χ0n) is 18.2. The molecule has 6 nitrogen and oxygen atoms in total. The van der Waals surface area contributed by atoms with E-state index in [-0.39, 0.29) is 23.9 Å². The van der Waals surface area contributed by atoms with Gasteiger partial charge in [-0.25, -0.2) is 0 Å². The number of nitrogens with one attached hydrogen (secondary N) is 4. The van der Waals surface area contributed by atoms with Crippen LogP contribution in [0.3, 0.4) is 0 Å². The molecule has 1 heterocycles. The second kappa shape index (κ2) is 10.4. The first kappa shape index (κ1) is 22.0. The molecular weight excluding hydrogens is 376 g/mol. The van der Waals surface area contributed by atoms with Gasteiger partial charge in [0.1, 0.15) is 26.2 Å². The van der Waals surface area contributed by atoms with Gasteiger partial charge >= 0.3 is 0 Å². The molecule has 4 N–H and O–H groups in total. The quantitative estimate of drug-likeness (QED) is 0.519. The number of benzene rings is 2. The van der Waals surface area contributed by atoms with Crippen molar-refractivity contribution in [3.05, 3.63) is 54.6 Å². The van der Waals surface area contributed by atoms with E-state index in [9.17, 15) is 9.59 Å². The predicted octanol–water partition coefficient (Wildman–Crippen LogP) is -0.0114. The molecule has 0 saturated carbocycles. The van der Waals surface area contributed by atoms with E-state index in [2.05, 4.69) is 22.8 Å². The molecule has 0 aliphatic carbocycles. The summed E-state index contributed by atoms with van der Waals surface area (Å²) in [5, 5.41) is 6.10. The molecule has 1 aliphatic rings. The molecule has 1 fully saturated rings. The summed E-state index contributed by atoms with van der Waals surface area (Å²) in [5.41, 5.74) is 2.96. The highest BCUT2D eigenvalue weighted by Crippen LogP contribution is 2.27. The Hall–Kier alpha value is -2.70. The first-order chi connectivity index (χ1) is 14.4. The van der Waals surface area contributed by atoms with E-state index < -0.39 is 0 Å². The monoisotopic (exact) mass is 410 g/mol. The van der Waals surface area contributed by atoms with Crippen molar-refractivity contribution in [1.82, 2.24) is 5.32 Å². The molecule has 2 amide bonds. The Morgan fingerprint density at radius 1 is 0.900 bits per heavy atom. The maximum Gasteiger partial charge on any atom is 0.282 e. The highest BCUT2D eigenvalue weighted by Gasteiger charge is 2.32. The van der Waals surface area contributed by atoms with Gasteiger partial charge in [0.15, 0.2) is 12.6 Å². The van der Waals surface area contributed by atoms with E-state index >= 15 is 0 Å². The molecule has 1 aliphatic heterocycles. The molecule has 1 saturated heterocycles. The number of rotatable bonds is 7. The van der Waals surface area contributed by atoms with E-state index in [0.29, 0.717) is 6.54 Å². The standard InChI is InChI=1S/C24H32N4O2/c1-18(2)25-23(29)17-27-13-15-28(16-14-27)19(3)24(30)26-22-12-8-7-11-21(22)20-9-5-4-6-10-20/h4-12,18-19H,13-17H2,1-3H3,(H,25,29)(H,26,30)/p+2/t19-/m1/s1. The van der Waals surface area contributed by atoms with Crippen LogP contribution in [0.1, 0.15) is 20.8 Å². The summed E-state index contributed by atoms with van der Waals surface area (Å²) in [6.07, 6.45) is 0. The third-order valence-electron chi connectivity index (χ3n) is 5.73. The van der Waals surface area contributed by atoms with Crippen molar-refractivity contribution in [2.45, 2.75) is 32.9 Å². The molecule has 2 aromatic rings. The van der Waals surface area contributed by atoms with Crippen LogP contribution >= 0.6 is 0 Å². The number of quaternary nitrogens is 2. The van der Waals surface area contributed by atoms with Gasteiger partial charge in [-0.05, 0) is 32.4 Å². The lowest BCUT2D eigenvalue weighted by Gasteiger charge is -2.32. The van der Waals surface area contributed by atoms with Crippen molar-refractivity contribution in [3.63, 3.8) is 0 Å². The highest BCUT2D eigenvalue weighted by molar-refractivity contribution is 5.97. The maximum atomic E-state index is 13.0. The summed E-state index contributed by atoms with van der Waals surface area (Å²) < 4.78 is 0. The average Bonchev–Trinajstić information content (AvgIpc) is 2.74. The van der Waals surface area contributed by atoms with Crippen LogP contribution in [-0.4, -0.2) is 56.6 Å². The van der Waals surface area contributed by atoms with E-state index in [1.807, 2.05) is 63.2 Å². The Labute approximate surface area is 179 Å².